The number of methoxy groups -OCH3 is 1. The third kappa shape index (κ3) is 7.01. The number of rotatable bonds is 9. The molecular formula is C37H45NO3Zr. The molecule has 0 radical (unpaired) electrons. The summed E-state index contributed by atoms with van der Waals surface area (Å²) < 4.78 is 5.41. The standard InChI is InChI=1S/C37H45NO3.Zr/c1-25-21-29(34(39)31(23-25)37(6,7)27-15-10-9-11-16-27)28-17-12-13-18-32(28)38(19-14-20-41-8)33-24-26(2)22-30(35(33)40)36(3,4)5;/h9-13,15-18,21-24,39-40H,14,19-20H2,1-8H3;. The van der Waals surface area contributed by atoms with Crippen LogP contribution < -0.4 is 4.90 Å². The molecule has 0 fully saturated rings. The minimum Gasteiger partial charge on any atom is -0.507 e. The van der Waals surface area contributed by atoms with E-state index in [4.69, 9.17) is 4.74 Å². The van der Waals surface area contributed by atoms with E-state index in [9.17, 15) is 10.2 Å². The monoisotopic (exact) mass is 641 g/mol. The average molecular weight is 643 g/mol. The van der Waals surface area contributed by atoms with Gasteiger partial charge in [-0.25, -0.2) is 0 Å². The molecule has 42 heavy (non-hydrogen) atoms. The van der Waals surface area contributed by atoms with Crippen molar-refractivity contribution < 1.29 is 41.2 Å². The van der Waals surface area contributed by atoms with Crippen LogP contribution in [0.2, 0.25) is 0 Å². The number of nitrogens with zero attached hydrogens (tertiary/aromatic N) is 1. The van der Waals surface area contributed by atoms with Gasteiger partial charge in [-0.1, -0.05) is 95.3 Å². The molecule has 0 atom stereocenters. The van der Waals surface area contributed by atoms with E-state index in [0.717, 1.165) is 56.7 Å². The molecule has 0 aliphatic heterocycles. The molecule has 2 N–H and O–H groups in total. The summed E-state index contributed by atoms with van der Waals surface area (Å²) in [5.41, 5.74) is 7.83. The molecule has 4 aromatic rings. The molecule has 0 aliphatic rings. The normalized spacial score (nSPS) is 11.7. The van der Waals surface area contributed by atoms with Gasteiger partial charge < -0.3 is 19.8 Å². The fourth-order valence-corrected chi connectivity index (χ4v) is 5.68. The van der Waals surface area contributed by atoms with Crippen LogP contribution in [0, 0.1) is 13.8 Å². The maximum atomic E-state index is 11.9. The number of para-hydroxylation sites is 1. The zero-order valence-corrected chi connectivity index (χ0v) is 28.8. The van der Waals surface area contributed by atoms with E-state index in [2.05, 4.69) is 95.8 Å². The van der Waals surface area contributed by atoms with Crippen LogP contribution in [0.15, 0.2) is 78.9 Å². The Bertz CT molecular complexity index is 1510. The molecule has 220 valence electrons. The van der Waals surface area contributed by atoms with E-state index >= 15 is 0 Å². The molecule has 4 rings (SSSR count). The number of aromatic hydroxyl groups is 2. The fourth-order valence-electron chi connectivity index (χ4n) is 5.68. The van der Waals surface area contributed by atoms with Crippen molar-refractivity contribution in [2.45, 2.75) is 65.7 Å². The molecule has 0 spiro atoms. The van der Waals surface area contributed by atoms with E-state index in [0.29, 0.717) is 13.2 Å². The van der Waals surface area contributed by atoms with Crippen molar-refractivity contribution in [1.29, 1.82) is 0 Å². The first-order chi connectivity index (χ1) is 19.4. The summed E-state index contributed by atoms with van der Waals surface area (Å²) in [4.78, 5) is 2.18. The predicted molar refractivity (Wildman–Crippen MR) is 172 cm³/mol. The van der Waals surface area contributed by atoms with E-state index in [1.54, 1.807) is 7.11 Å². The molecule has 0 unspecified atom stereocenters. The molecule has 0 saturated heterocycles. The van der Waals surface area contributed by atoms with Crippen molar-refractivity contribution in [3.8, 4) is 22.6 Å². The van der Waals surface area contributed by atoms with Crippen molar-refractivity contribution in [2.24, 2.45) is 0 Å². The second kappa shape index (κ2) is 13.6. The molecular weight excluding hydrogens is 598 g/mol. The first-order valence-corrected chi connectivity index (χ1v) is 14.5. The van der Waals surface area contributed by atoms with Gasteiger partial charge in [-0.2, -0.15) is 0 Å². The maximum absolute atomic E-state index is 11.9. The molecule has 4 aromatic carbocycles. The zero-order valence-electron chi connectivity index (χ0n) is 26.4. The molecule has 4 nitrogen and oxygen atoms in total. The van der Waals surface area contributed by atoms with E-state index in [1.165, 1.54) is 0 Å². The van der Waals surface area contributed by atoms with E-state index in [-0.39, 0.29) is 43.1 Å². The SMILES string of the molecule is COCCCN(c1ccccc1-c1cc(C)cc(C(C)(C)c2ccccc2)c1O)c1cc(C)cc(C(C)(C)C)c1O.[Zr]. The van der Waals surface area contributed by atoms with Gasteiger partial charge in [0.1, 0.15) is 11.5 Å². The van der Waals surface area contributed by atoms with E-state index in [1.807, 2.05) is 36.4 Å². The van der Waals surface area contributed by atoms with Crippen LogP contribution in [0.5, 0.6) is 11.5 Å². The Morgan fingerprint density at radius 1 is 0.690 bits per heavy atom. The fraction of sp³-hybridized carbons (Fsp3) is 0.351. The van der Waals surface area contributed by atoms with Crippen molar-refractivity contribution in [3.63, 3.8) is 0 Å². The van der Waals surface area contributed by atoms with Gasteiger partial charge in [0, 0.05) is 79.8 Å². The number of benzene rings is 4. The predicted octanol–water partition coefficient (Wildman–Crippen LogP) is 9.18. The Balaban J connectivity index is 0.00000484. The van der Waals surface area contributed by atoms with Gasteiger partial charge in [0.2, 0.25) is 0 Å². The van der Waals surface area contributed by atoms with Crippen molar-refractivity contribution in [1.82, 2.24) is 0 Å². The van der Waals surface area contributed by atoms with Crippen LogP contribution in [0.4, 0.5) is 11.4 Å². The van der Waals surface area contributed by atoms with Crippen LogP contribution in [0.3, 0.4) is 0 Å². The summed E-state index contributed by atoms with van der Waals surface area (Å²) in [6.07, 6.45) is 0.773. The first kappa shape index (κ1) is 33.6. The second-order valence-corrected chi connectivity index (χ2v) is 12.6. The summed E-state index contributed by atoms with van der Waals surface area (Å²) in [5, 5.41) is 23.6. The smallest absolute Gasteiger partial charge is 0.142 e. The quantitative estimate of drug-likeness (QED) is 0.179. The molecule has 0 heterocycles. The van der Waals surface area contributed by atoms with Gasteiger partial charge in [0.05, 0.1) is 5.69 Å². The number of aryl methyl sites for hydroxylation is 2. The minimum absolute atomic E-state index is 0. The summed E-state index contributed by atoms with van der Waals surface area (Å²) in [7, 11) is 1.71. The maximum Gasteiger partial charge on any atom is 0.142 e. The second-order valence-electron chi connectivity index (χ2n) is 12.6. The molecule has 5 heteroatoms. The van der Waals surface area contributed by atoms with Gasteiger partial charge in [-0.05, 0) is 60.6 Å². The minimum atomic E-state index is -0.407. The van der Waals surface area contributed by atoms with E-state index < -0.39 is 5.41 Å². The molecule has 0 aliphatic carbocycles. The molecule has 0 bridgehead atoms. The third-order valence-corrected chi connectivity index (χ3v) is 7.97. The van der Waals surface area contributed by atoms with Crippen LogP contribution in [0.1, 0.15) is 68.9 Å². The Morgan fingerprint density at radius 3 is 1.93 bits per heavy atom. The number of ether oxygens (including phenoxy) is 1. The molecule has 0 aromatic heterocycles. The van der Waals surface area contributed by atoms with Gasteiger partial charge in [0.25, 0.3) is 0 Å². The Morgan fingerprint density at radius 2 is 1.29 bits per heavy atom. The average Bonchev–Trinajstić information content (AvgIpc) is 2.93. The topological polar surface area (TPSA) is 52.9 Å². The number of anilines is 2. The number of phenolic OH excluding ortho intramolecular Hbond substituents is 2. The van der Waals surface area contributed by atoms with Crippen molar-refractivity contribution >= 4 is 11.4 Å². The number of hydrogen-bond acceptors (Lipinski definition) is 4. The Hall–Kier alpha value is -2.88. The number of hydrogen-bond donors (Lipinski definition) is 2. The summed E-state index contributed by atoms with van der Waals surface area (Å²) in [5.74, 6) is 0.562. The van der Waals surface area contributed by atoms with Gasteiger partial charge in [-0.15, -0.1) is 0 Å². The Labute approximate surface area is 271 Å². The van der Waals surface area contributed by atoms with Gasteiger partial charge in [-0.3, -0.25) is 0 Å². The van der Waals surface area contributed by atoms with Crippen molar-refractivity contribution in [2.75, 3.05) is 25.2 Å². The van der Waals surface area contributed by atoms with Crippen LogP contribution in [0.25, 0.3) is 11.1 Å². The summed E-state index contributed by atoms with van der Waals surface area (Å²) in [6, 6.07) is 26.7. The number of phenols is 2. The van der Waals surface area contributed by atoms with Gasteiger partial charge in [0.15, 0.2) is 0 Å². The summed E-state index contributed by atoms with van der Waals surface area (Å²) in [6.45, 7) is 16.1. The summed E-state index contributed by atoms with van der Waals surface area (Å²) >= 11 is 0. The molecule has 0 saturated carbocycles. The third-order valence-electron chi connectivity index (χ3n) is 7.97. The van der Waals surface area contributed by atoms with Crippen molar-refractivity contribution in [3.05, 3.63) is 107 Å². The molecule has 0 amide bonds. The first-order valence-electron chi connectivity index (χ1n) is 14.5. The van der Waals surface area contributed by atoms with Crippen LogP contribution in [-0.4, -0.2) is 30.5 Å². The van der Waals surface area contributed by atoms with Crippen LogP contribution >= 0.6 is 0 Å². The zero-order chi connectivity index (χ0) is 29.9. The van der Waals surface area contributed by atoms with Gasteiger partial charge >= 0.3 is 0 Å². The Kier molecular flexibility index (Phi) is 10.9. The van der Waals surface area contributed by atoms with Crippen LogP contribution in [-0.2, 0) is 41.8 Å². The largest absolute Gasteiger partial charge is 0.507 e.